The van der Waals surface area contributed by atoms with Gasteiger partial charge in [-0.3, -0.25) is 9.10 Å². The summed E-state index contributed by atoms with van der Waals surface area (Å²) in [5, 5.41) is 2.90. The van der Waals surface area contributed by atoms with Crippen molar-refractivity contribution in [1.82, 2.24) is 4.98 Å². The number of hydrogen-bond acceptors (Lipinski definition) is 5. The number of carbonyl (C=O) groups is 1. The second-order valence-electron chi connectivity index (χ2n) is 7.33. The first-order valence-electron chi connectivity index (χ1n) is 9.88. The SMILES string of the molecule is O=C(Nc1ccc2c(c1)N(S(=O)(=O)c1ccccc1)CCC2)c1ccc2ncsc2c1. The van der Waals surface area contributed by atoms with Gasteiger partial charge >= 0.3 is 0 Å². The van der Waals surface area contributed by atoms with Gasteiger partial charge in [0.05, 0.1) is 26.3 Å². The molecule has 1 aliphatic heterocycles. The van der Waals surface area contributed by atoms with Crippen molar-refractivity contribution in [1.29, 1.82) is 0 Å². The molecular weight excluding hydrogens is 430 g/mol. The summed E-state index contributed by atoms with van der Waals surface area (Å²) in [7, 11) is -3.68. The fourth-order valence-electron chi connectivity index (χ4n) is 3.79. The number of aromatic nitrogens is 1. The van der Waals surface area contributed by atoms with E-state index in [-0.39, 0.29) is 10.8 Å². The molecule has 0 fully saturated rings. The number of hydrogen-bond donors (Lipinski definition) is 1. The lowest BCUT2D eigenvalue weighted by molar-refractivity contribution is 0.102. The number of nitrogens with zero attached hydrogens (tertiary/aromatic N) is 2. The molecule has 0 saturated heterocycles. The average molecular weight is 450 g/mol. The van der Waals surface area contributed by atoms with Gasteiger partial charge in [-0.25, -0.2) is 13.4 Å². The maximum atomic E-state index is 13.2. The highest BCUT2D eigenvalue weighted by Crippen LogP contribution is 2.34. The summed E-state index contributed by atoms with van der Waals surface area (Å²) in [6, 6.07) is 19.3. The second kappa shape index (κ2) is 7.79. The Hall–Kier alpha value is -3.23. The van der Waals surface area contributed by atoms with E-state index in [1.807, 2.05) is 24.3 Å². The number of amides is 1. The van der Waals surface area contributed by atoms with Gasteiger partial charge in [-0.15, -0.1) is 11.3 Å². The predicted octanol–water partition coefficient (Wildman–Crippen LogP) is 4.69. The Morgan fingerprint density at radius 2 is 1.87 bits per heavy atom. The van der Waals surface area contributed by atoms with Crippen LogP contribution in [0.2, 0.25) is 0 Å². The fraction of sp³-hybridized carbons (Fsp3) is 0.130. The van der Waals surface area contributed by atoms with Crippen molar-refractivity contribution in [2.24, 2.45) is 0 Å². The number of thiazole rings is 1. The monoisotopic (exact) mass is 449 g/mol. The van der Waals surface area contributed by atoms with Crippen LogP contribution in [0.3, 0.4) is 0 Å². The largest absolute Gasteiger partial charge is 0.322 e. The van der Waals surface area contributed by atoms with E-state index in [4.69, 9.17) is 0 Å². The molecule has 6 nitrogen and oxygen atoms in total. The van der Waals surface area contributed by atoms with Gasteiger partial charge in [0.1, 0.15) is 0 Å². The molecule has 156 valence electrons. The summed E-state index contributed by atoms with van der Waals surface area (Å²) in [6.45, 7) is 0.406. The van der Waals surface area contributed by atoms with E-state index in [2.05, 4.69) is 10.3 Å². The van der Waals surface area contributed by atoms with Crippen molar-refractivity contribution in [2.75, 3.05) is 16.2 Å². The van der Waals surface area contributed by atoms with Crippen molar-refractivity contribution in [2.45, 2.75) is 17.7 Å². The Labute approximate surface area is 184 Å². The third-order valence-electron chi connectivity index (χ3n) is 5.34. The third-order valence-corrected chi connectivity index (χ3v) is 7.96. The summed E-state index contributed by atoms with van der Waals surface area (Å²) < 4.78 is 28.9. The number of anilines is 2. The minimum atomic E-state index is -3.68. The highest BCUT2D eigenvalue weighted by Gasteiger charge is 2.29. The molecule has 0 spiro atoms. The van der Waals surface area contributed by atoms with Crippen molar-refractivity contribution in [3.63, 3.8) is 0 Å². The first kappa shape index (κ1) is 19.7. The van der Waals surface area contributed by atoms with Crippen molar-refractivity contribution in [3.05, 3.63) is 83.4 Å². The van der Waals surface area contributed by atoms with Gasteiger partial charge in [-0.2, -0.15) is 0 Å². The van der Waals surface area contributed by atoms with Gasteiger partial charge in [0, 0.05) is 17.8 Å². The zero-order valence-electron chi connectivity index (χ0n) is 16.5. The molecule has 1 aliphatic rings. The Morgan fingerprint density at radius 1 is 1.03 bits per heavy atom. The van der Waals surface area contributed by atoms with E-state index in [0.29, 0.717) is 23.5 Å². The zero-order valence-corrected chi connectivity index (χ0v) is 18.1. The highest BCUT2D eigenvalue weighted by atomic mass is 32.2. The van der Waals surface area contributed by atoms with Crippen LogP contribution in [0.1, 0.15) is 22.3 Å². The number of fused-ring (bicyclic) bond motifs is 2. The molecule has 0 unspecified atom stereocenters. The summed E-state index contributed by atoms with van der Waals surface area (Å²) in [6.07, 6.45) is 1.55. The van der Waals surface area contributed by atoms with Gasteiger partial charge in [-0.05, 0) is 60.9 Å². The minimum Gasteiger partial charge on any atom is -0.322 e. The summed E-state index contributed by atoms with van der Waals surface area (Å²) in [4.78, 5) is 17.3. The van der Waals surface area contributed by atoms with Crippen LogP contribution < -0.4 is 9.62 Å². The molecule has 5 rings (SSSR count). The smallest absolute Gasteiger partial charge is 0.264 e. The van der Waals surface area contributed by atoms with Gasteiger partial charge in [0.25, 0.3) is 15.9 Å². The standard InChI is InChI=1S/C23H19N3O3S2/c27-23(17-9-11-20-22(13-17)30-15-24-20)25-18-10-8-16-5-4-12-26(21(16)14-18)31(28,29)19-6-2-1-3-7-19/h1-3,6-11,13-15H,4-5,12H2,(H,25,27). The lowest BCUT2D eigenvalue weighted by Crippen LogP contribution is -2.35. The van der Waals surface area contributed by atoms with Gasteiger partial charge in [-0.1, -0.05) is 24.3 Å². The normalized spacial score (nSPS) is 13.7. The van der Waals surface area contributed by atoms with E-state index in [1.54, 1.807) is 48.0 Å². The third kappa shape index (κ3) is 3.68. The molecule has 3 aromatic carbocycles. The fourth-order valence-corrected chi connectivity index (χ4v) is 6.06. The highest BCUT2D eigenvalue weighted by molar-refractivity contribution is 7.92. The summed E-state index contributed by atoms with van der Waals surface area (Å²) in [5.41, 5.74) is 5.27. The molecule has 0 saturated carbocycles. The average Bonchev–Trinajstić information content (AvgIpc) is 3.27. The Balaban J connectivity index is 1.46. The molecule has 2 heterocycles. The predicted molar refractivity (Wildman–Crippen MR) is 123 cm³/mol. The lowest BCUT2D eigenvalue weighted by Gasteiger charge is -2.31. The van der Waals surface area contributed by atoms with Crippen molar-refractivity contribution in [3.8, 4) is 0 Å². The Kier molecular flexibility index (Phi) is 4.95. The van der Waals surface area contributed by atoms with E-state index in [9.17, 15) is 13.2 Å². The van der Waals surface area contributed by atoms with Crippen LogP contribution in [0.4, 0.5) is 11.4 Å². The van der Waals surface area contributed by atoms with Crippen molar-refractivity contribution >= 4 is 48.9 Å². The van der Waals surface area contributed by atoms with Gasteiger partial charge in [0.15, 0.2) is 0 Å². The van der Waals surface area contributed by atoms with Crippen LogP contribution >= 0.6 is 11.3 Å². The molecule has 1 amide bonds. The summed E-state index contributed by atoms with van der Waals surface area (Å²) in [5.74, 6) is -0.247. The number of nitrogens with one attached hydrogen (secondary N) is 1. The number of rotatable bonds is 4. The number of carbonyl (C=O) groups excluding carboxylic acids is 1. The van der Waals surface area contributed by atoms with E-state index >= 15 is 0 Å². The molecule has 4 aromatic rings. The zero-order chi connectivity index (χ0) is 21.4. The Morgan fingerprint density at radius 3 is 2.71 bits per heavy atom. The van der Waals surface area contributed by atoms with Crippen LogP contribution in [0, 0.1) is 0 Å². The quantitative estimate of drug-likeness (QED) is 0.490. The molecule has 1 N–H and O–H groups in total. The molecule has 8 heteroatoms. The number of aryl methyl sites for hydroxylation is 1. The maximum Gasteiger partial charge on any atom is 0.264 e. The molecule has 0 aliphatic carbocycles. The summed E-state index contributed by atoms with van der Waals surface area (Å²) >= 11 is 1.48. The molecule has 0 atom stereocenters. The molecule has 0 bridgehead atoms. The first-order valence-corrected chi connectivity index (χ1v) is 12.2. The van der Waals surface area contributed by atoms with Gasteiger partial charge in [0.2, 0.25) is 0 Å². The number of benzene rings is 3. The molecule has 0 radical (unpaired) electrons. The van der Waals surface area contributed by atoms with E-state index in [0.717, 1.165) is 28.6 Å². The van der Waals surface area contributed by atoms with Crippen LogP contribution in [0.5, 0.6) is 0 Å². The first-order chi connectivity index (χ1) is 15.0. The number of sulfonamides is 1. The van der Waals surface area contributed by atoms with Crippen LogP contribution in [0.15, 0.2) is 77.1 Å². The van der Waals surface area contributed by atoms with E-state index < -0.39 is 10.0 Å². The topological polar surface area (TPSA) is 79.4 Å². The van der Waals surface area contributed by atoms with Gasteiger partial charge < -0.3 is 5.32 Å². The molecular formula is C23H19N3O3S2. The Bertz CT molecular complexity index is 1380. The van der Waals surface area contributed by atoms with Crippen LogP contribution in [-0.4, -0.2) is 25.9 Å². The lowest BCUT2D eigenvalue weighted by atomic mass is 10.0. The minimum absolute atomic E-state index is 0.247. The second-order valence-corrected chi connectivity index (χ2v) is 10.1. The van der Waals surface area contributed by atoms with Crippen molar-refractivity contribution < 1.29 is 13.2 Å². The molecule has 1 aromatic heterocycles. The van der Waals surface area contributed by atoms with Crippen LogP contribution in [0.25, 0.3) is 10.2 Å². The maximum absolute atomic E-state index is 13.2. The van der Waals surface area contributed by atoms with E-state index in [1.165, 1.54) is 15.6 Å². The molecule has 31 heavy (non-hydrogen) atoms. The van der Waals surface area contributed by atoms with Crippen LogP contribution in [-0.2, 0) is 16.4 Å².